The average Bonchev–Trinajstić information content (AvgIpc) is 2.86. The SMILES string of the molecule is CCc1cccnc1.COc1ccccc1[N-]C(=O)/C([C-]=CC(C)=O)=C(/C)c1cc(O)ccc1F.[K+]. The molecule has 0 radical (unpaired) electrons. The predicted molar refractivity (Wildman–Crippen MR) is 134 cm³/mol. The molecule has 0 atom stereocenters. The van der Waals surface area contributed by atoms with Gasteiger partial charge in [-0.15, -0.1) is 23.3 Å². The van der Waals surface area contributed by atoms with E-state index in [1.165, 1.54) is 38.7 Å². The number of ketones is 1. The number of benzene rings is 2. The summed E-state index contributed by atoms with van der Waals surface area (Å²) < 4.78 is 19.3. The summed E-state index contributed by atoms with van der Waals surface area (Å²) in [6.07, 6.45) is 8.43. The molecule has 1 heterocycles. The number of phenolic OH excluding ortho intramolecular Hbond substituents is 1. The average molecular weight is 514 g/mol. The van der Waals surface area contributed by atoms with Crippen LogP contribution in [0.25, 0.3) is 10.9 Å². The molecule has 3 aromatic rings. The van der Waals surface area contributed by atoms with E-state index in [1.54, 1.807) is 30.5 Å². The molecule has 1 amide bonds. The maximum atomic E-state index is 14.2. The van der Waals surface area contributed by atoms with Crippen molar-refractivity contribution in [2.75, 3.05) is 7.11 Å². The minimum absolute atomic E-state index is 0. The van der Waals surface area contributed by atoms with Gasteiger partial charge in [0.2, 0.25) is 0 Å². The van der Waals surface area contributed by atoms with Crippen molar-refractivity contribution in [1.82, 2.24) is 4.98 Å². The van der Waals surface area contributed by atoms with Crippen molar-refractivity contribution in [3.8, 4) is 11.5 Å². The van der Waals surface area contributed by atoms with Gasteiger partial charge >= 0.3 is 51.4 Å². The second kappa shape index (κ2) is 16.2. The molecule has 1 N–H and O–H groups in total. The van der Waals surface area contributed by atoms with E-state index in [2.05, 4.69) is 29.4 Å². The molecule has 0 aliphatic rings. The number of ether oxygens (including phenoxy) is 1. The van der Waals surface area contributed by atoms with Crippen molar-refractivity contribution in [1.29, 1.82) is 0 Å². The minimum Gasteiger partial charge on any atom is -0.665 e. The molecule has 0 unspecified atom stereocenters. The van der Waals surface area contributed by atoms with Gasteiger partial charge in [0, 0.05) is 12.4 Å². The van der Waals surface area contributed by atoms with Gasteiger partial charge in [-0.2, -0.15) is 0 Å². The molecular formula is C28H27FKN2O4-. The van der Waals surface area contributed by atoms with Crippen LogP contribution in [-0.2, 0) is 16.0 Å². The number of carbonyl (C=O) groups is 2. The number of rotatable bonds is 7. The van der Waals surface area contributed by atoms with E-state index >= 15 is 0 Å². The summed E-state index contributed by atoms with van der Waals surface area (Å²) in [6, 6.07) is 14.2. The van der Waals surface area contributed by atoms with E-state index in [-0.39, 0.29) is 85.3 Å². The predicted octanol–water partition coefficient (Wildman–Crippen LogP) is 3.14. The number of nitrogens with zero attached hydrogens (tertiary/aromatic N) is 2. The minimum atomic E-state index is -0.725. The van der Waals surface area contributed by atoms with Crippen LogP contribution in [0.2, 0.25) is 0 Å². The number of hydrogen-bond acceptors (Lipinski definition) is 5. The Hall–Kier alpha value is -2.62. The van der Waals surface area contributed by atoms with Crippen LogP contribution >= 0.6 is 0 Å². The van der Waals surface area contributed by atoms with Crippen molar-refractivity contribution in [3.05, 3.63) is 107 Å². The van der Waals surface area contributed by atoms with E-state index in [0.29, 0.717) is 5.75 Å². The van der Waals surface area contributed by atoms with Crippen LogP contribution in [0.1, 0.15) is 31.9 Å². The summed E-state index contributed by atoms with van der Waals surface area (Å²) >= 11 is 0. The Kier molecular flexibility index (Phi) is 14.1. The molecule has 0 saturated heterocycles. The first kappa shape index (κ1) is 31.4. The Bertz CT molecular complexity index is 1230. The van der Waals surface area contributed by atoms with Crippen LogP contribution < -0.4 is 56.1 Å². The molecule has 0 bridgehead atoms. The molecular weight excluding hydrogens is 486 g/mol. The topological polar surface area (TPSA) is 90.6 Å². The zero-order chi connectivity index (χ0) is 25.8. The zero-order valence-electron chi connectivity index (χ0n) is 21.1. The fourth-order valence-electron chi connectivity index (χ4n) is 2.93. The molecule has 0 fully saturated rings. The molecule has 0 spiro atoms. The van der Waals surface area contributed by atoms with Crippen LogP contribution in [0.3, 0.4) is 0 Å². The first-order valence-corrected chi connectivity index (χ1v) is 10.8. The number of para-hydroxylation sites is 2. The van der Waals surface area contributed by atoms with E-state index < -0.39 is 11.7 Å². The van der Waals surface area contributed by atoms with Crippen molar-refractivity contribution in [2.24, 2.45) is 0 Å². The van der Waals surface area contributed by atoms with Gasteiger partial charge in [0.15, 0.2) is 0 Å². The van der Waals surface area contributed by atoms with Gasteiger partial charge < -0.3 is 24.7 Å². The number of aromatic nitrogens is 1. The Labute approximate surface area is 253 Å². The third kappa shape index (κ3) is 9.79. The van der Waals surface area contributed by atoms with Gasteiger partial charge in [-0.3, -0.25) is 4.98 Å². The van der Waals surface area contributed by atoms with Crippen LogP contribution in [-0.4, -0.2) is 28.9 Å². The summed E-state index contributed by atoms with van der Waals surface area (Å²) in [4.78, 5) is 28.0. The molecule has 3 rings (SSSR count). The first-order chi connectivity index (χ1) is 16.8. The van der Waals surface area contributed by atoms with Crippen molar-refractivity contribution in [2.45, 2.75) is 27.2 Å². The van der Waals surface area contributed by atoms with Gasteiger partial charge in [0.05, 0.1) is 12.9 Å². The Morgan fingerprint density at radius 2 is 1.86 bits per heavy atom. The number of amides is 1. The van der Waals surface area contributed by atoms with Gasteiger partial charge in [0.1, 0.15) is 17.3 Å². The molecule has 1 aromatic heterocycles. The maximum Gasteiger partial charge on any atom is 1.00 e. The molecule has 0 saturated carbocycles. The number of hydrogen-bond donors (Lipinski definition) is 1. The molecule has 182 valence electrons. The monoisotopic (exact) mass is 513 g/mol. The summed E-state index contributed by atoms with van der Waals surface area (Å²) in [6.45, 7) is 4.91. The van der Waals surface area contributed by atoms with Crippen LogP contribution in [0.4, 0.5) is 10.1 Å². The number of methoxy groups -OCH3 is 1. The molecule has 36 heavy (non-hydrogen) atoms. The standard InChI is InChI=1S/C21H19FNO4.C7H9N.K/c1-13(24)8-10-16(14(2)17-12-15(25)9-11-18(17)22)21(26)23-19-6-4-5-7-20(19)27-3;1-2-7-4-3-5-8-6-7;/h4-9,11-12H,1-3H3,(H2,23,25,26);3-6H,2H2,1H3;/q-1;;+1/p-1/b16-14-;;. The second-order valence-electron chi connectivity index (χ2n) is 7.37. The van der Waals surface area contributed by atoms with E-state index in [1.807, 2.05) is 12.3 Å². The number of carbonyl (C=O) groups excluding carboxylic acids is 2. The molecule has 2 aromatic carbocycles. The quantitative estimate of drug-likeness (QED) is 0.227. The maximum absolute atomic E-state index is 14.2. The smallest absolute Gasteiger partial charge is 0.665 e. The molecule has 8 heteroatoms. The Morgan fingerprint density at radius 1 is 1.14 bits per heavy atom. The van der Waals surface area contributed by atoms with E-state index in [0.717, 1.165) is 18.6 Å². The van der Waals surface area contributed by atoms with Gasteiger partial charge in [-0.05, 0) is 60.7 Å². The summed E-state index contributed by atoms with van der Waals surface area (Å²) in [5, 5.41) is 13.6. The summed E-state index contributed by atoms with van der Waals surface area (Å²) in [5.74, 6) is -1.45. The van der Waals surface area contributed by atoms with Crippen LogP contribution in [0.15, 0.2) is 78.6 Å². The third-order valence-electron chi connectivity index (χ3n) is 4.80. The summed E-state index contributed by atoms with van der Waals surface area (Å²) in [7, 11) is 1.45. The third-order valence-corrected chi connectivity index (χ3v) is 4.80. The van der Waals surface area contributed by atoms with E-state index in [9.17, 15) is 19.1 Å². The number of phenols is 1. The van der Waals surface area contributed by atoms with Gasteiger partial charge in [0.25, 0.3) is 0 Å². The number of allylic oxidation sites excluding steroid dienone is 2. The first-order valence-electron chi connectivity index (χ1n) is 10.8. The number of aromatic hydroxyl groups is 1. The number of halogens is 1. The zero-order valence-corrected chi connectivity index (χ0v) is 24.2. The molecule has 0 aliphatic heterocycles. The normalized spacial score (nSPS) is 10.9. The van der Waals surface area contributed by atoms with Crippen molar-refractivity contribution >= 4 is 23.0 Å². The van der Waals surface area contributed by atoms with E-state index in [4.69, 9.17) is 4.74 Å². The van der Waals surface area contributed by atoms with Crippen molar-refractivity contribution < 1.29 is 75.2 Å². The Balaban J connectivity index is 0.000000611. The van der Waals surface area contributed by atoms with Crippen molar-refractivity contribution in [3.63, 3.8) is 0 Å². The fraction of sp³-hybridized carbons (Fsp3) is 0.179. The fourth-order valence-corrected chi connectivity index (χ4v) is 2.93. The second-order valence-corrected chi connectivity index (χ2v) is 7.37. The largest absolute Gasteiger partial charge is 1.00 e. The van der Waals surface area contributed by atoms with Gasteiger partial charge in [-0.25, -0.2) is 4.39 Å². The van der Waals surface area contributed by atoms with Gasteiger partial charge in [-0.1, -0.05) is 43.8 Å². The molecule has 0 aliphatic carbocycles. The molecule has 6 nitrogen and oxygen atoms in total. The van der Waals surface area contributed by atoms with Crippen LogP contribution in [0.5, 0.6) is 11.5 Å². The number of pyridine rings is 1. The summed E-state index contributed by atoms with van der Waals surface area (Å²) in [5.41, 5.74) is 1.69. The Morgan fingerprint density at radius 3 is 2.44 bits per heavy atom. The number of aryl methyl sites for hydroxylation is 1. The van der Waals surface area contributed by atoms with Crippen LogP contribution in [0, 0.1) is 11.9 Å².